The van der Waals surface area contributed by atoms with Crippen LogP contribution in [-0.4, -0.2) is 63.0 Å². The molecule has 0 amide bonds. The van der Waals surface area contributed by atoms with Crippen molar-refractivity contribution in [3.05, 3.63) is 29.3 Å². The minimum Gasteiger partial charge on any atom is -0.493 e. The molecule has 0 fully saturated rings. The van der Waals surface area contributed by atoms with Gasteiger partial charge in [-0.1, -0.05) is 0 Å². The number of likely N-dealkylation sites (N-methyl/N-ethyl adjacent to an activating group) is 1. The quantitative estimate of drug-likeness (QED) is 0.710. The zero-order valence-electron chi connectivity index (χ0n) is 12.7. The van der Waals surface area contributed by atoms with Crippen LogP contribution in [0.5, 0.6) is 5.75 Å². The van der Waals surface area contributed by atoms with Gasteiger partial charge in [0.25, 0.3) is 0 Å². The Kier molecular flexibility index (Phi) is 5.15. The van der Waals surface area contributed by atoms with Crippen molar-refractivity contribution in [3.63, 3.8) is 0 Å². The number of carbonyl (C=O) groups is 1. The summed E-state index contributed by atoms with van der Waals surface area (Å²) in [5.41, 5.74) is 1.96. The van der Waals surface area contributed by atoms with Gasteiger partial charge >= 0.3 is 0 Å². The zero-order chi connectivity index (χ0) is 14.5. The van der Waals surface area contributed by atoms with Crippen molar-refractivity contribution >= 4 is 5.78 Å². The number of Topliss-reactive ketones (excluding diaryl/α,β-unsaturated/α-hetero) is 1. The topological polar surface area (TPSA) is 32.8 Å². The fourth-order valence-electron chi connectivity index (χ4n) is 2.43. The van der Waals surface area contributed by atoms with Crippen LogP contribution in [0.15, 0.2) is 18.2 Å². The van der Waals surface area contributed by atoms with Gasteiger partial charge in [0, 0.05) is 12.0 Å². The standard InChI is InChI=1S/C16H24N2O2/c1-17(2)8-4-9-18(3)12-15(19)13-5-6-16-14(11-13)7-10-20-16/h5-6,11H,4,7-10,12H2,1-3H3. The Hall–Kier alpha value is -1.39. The largest absolute Gasteiger partial charge is 0.493 e. The summed E-state index contributed by atoms with van der Waals surface area (Å²) >= 11 is 0. The number of carbonyl (C=O) groups excluding carboxylic acids is 1. The number of benzene rings is 1. The van der Waals surface area contributed by atoms with Crippen LogP contribution in [-0.2, 0) is 6.42 Å². The maximum Gasteiger partial charge on any atom is 0.176 e. The van der Waals surface area contributed by atoms with Crippen molar-refractivity contribution in [3.8, 4) is 5.75 Å². The maximum atomic E-state index is 12.3. The Balaban J connectivity index is 1.85. The molecule has 1 aromatic rings. The lowest BCUT2D eigenvalue weighted by atomic mass is 10.1. The molecule has 0 spiro atoms. The van der Waals surface area contributed by atoms with Crippen molar-refractivity contribution < 1.29 is 9.53 Å². The molecule has 1 aliphatic heterocycles. The van der Waals surface area contributed by atoms with Gasteiger partial charge in [0.2, 0.25) is 0 Å². The molecule has 0 radical (unpaired) electrons. The normalized spacial score (nSPS) is 13.7. The SMILES string of the molecule is CN(C)CCCN(C)CC(=O)c1ccc2c(c1)CCO2. The van der Waals surface area contributed by atoms with E-state index in [2.05, 4.69) is 23.9 Å². The number of ether oxygens (including phenoxy) is 1. The highest BCUT2D eigenvalue weighted by atomic mass is 16.5. The molecule has 1 aromatic carbocycles. The number of fused-ring (bicyclic) bond motifs is 1. The monoisotopic (exact) mass is 276 g/mol. The summed E-state index contributed by atoms with van der Waals surface area (Å²) in [5, 5.41) is 0. The Morgan fingerprint density at radius 3 is 2.80 bits per heavy atom. The molecule has 0 atom stereocenters. The minimum absolute atomic E-state index is 0.187. The third-order valence-electron chi connectivity index (χ3n) is 3.57. The molecule has 0 aliphatic carbocycles. The Morgan fingerprint density at radius 1 is 1.25 bits per heavy atom. The van der Waals surface area contributed by atoms with Crippen LogP contribution in [0, 0.1) is 0 Å². The lowest BCUT2D eigenvalue weighted by molar-refractivity contribution is 0.0944. The van der Waals surface area contributed by atoms with Crippen LogP contribution in [0.2, 0.25) is 0 Å². The molecule has 0 aromatic heterocycles. The first-order valence-corrected chi connectivity index (χ1v) is 7.18. The van der Waals surface area contributed by atoms with E-state index in [1.807, 2.05) is 25.2 Å². The van der Waals surface area contributed by atoms with Gasteiger partial charge in [-0.05, 0) is 64.4 Å². The second-order valence-corrected chi connectivity index (χ2v) is 5.74. The molecule has 20 heavy (non-hydrogen) atoms. The van der Waals surface area contributed by atoms with Crippen molar-refractivity contribution in [2.24, 2.45) is 0 Å². The molecular formula is C16H24N2O2. The lowest BCUT2D eigenvalue weighted by Gasteiger charge is -2.17. The fraction of sp³-hybridized carbons (Fsp3) is 0.562. The molecule has 1 aliphatic rings. The fourth-order valence-corrected chi connectivity index (χ4v) is 2.43. The van der Waals surface area contributed by atoms with Gasteiger partial charge in [0.15, 0.2) is 5.78 Å². The molecule has 0 bridgehead atoms. The molecule has 0 saturated heterocycles. The molecule has 1 heterocycles. The predicted octanol–water partition coefficient (Wildman–Crippen LogP) is 1.69. The second-order valence-electron chi connectivity index (χ2n) is 5.74. The van der Waals surface area contributed by atoms with Crippen molar-refractivity contribution in [1.29, 1.82) is 0 Å². The number of hydrogen-bond acceptors (Lipinski definition) is 4. The van der Waals surface area contributed by atoms with Crippen LogP contribution in [0.3, 0.4) is 0 Å². The van der Waals surface area contributed by atoms with Gasteiger partial charge in [-0.25, -0.2) is 0 Å². The highest BCUT2D eigenvalue weighted by molar-refractivity contribution is 5.98. The first-order chi connectivity index (χ1) is 9.56. The molecule has 4 heteroatoms. The smallest absolute Gasteiger partial charge is 0.176 e. The summed E-state index contributed by atoms with van der Waals surface area (Å²) in [6.07, 6.45) is 1.99. The Labute approximate surface area is 121 Å². The maximum absolute atomic E-state index is 12.3. The van der Waals surface area contributed by atoms with Gasteiger partial charge in [-0.15, -0.1) is 0 Å². The van der Waals surface area contributed by atoms with Gasteiger partial charge in [-0.2, -0.15) is 0 Å². The lowest BCUT2D eigenvalue weighted by Crippen LogP contribution is -2.29. The van der Waals surface area contributed by atoms with Crippen molar-refractivity contribution in [2.75, 3.05) is 47.4 Å². The number of hydrogen-bond donors (Lipinski definition) is 0. The summed E-state index contributed by atoms with van der Waals surface area (Å²) in [4.78, 5) is 16.5. The van der Waals surface area contributed by atoms with Crippen LogP contribution >= 0.6 is 0 Å². The number of nitrogens with zero attached hydrogens (tertiary/aromatic N) is 2. The van der Waals surface area contributed by atoms with E-state index >= 15 is 0 Å². The summed E-state index contributed by atoms with van der Waals surface area (Å²) in [6.45, 7) is 3.21. The number of ketones is 1. The van der Waals surface area contributed by atoms with Crippen molar-refractivity contribution in [1.82, 2.24) is 9.80 Å². The van der Waals surface area contributed by atoms with E-state index < -0.39 is 0 Å². The first-order valence-electron chi connectivity index (χ1n) is 7.18. The first kappa shape index (κ1) is 15.0. The average molecular weight is 276 g/mol. The van der Waals surface area contributed by atoms with E-state index in [-0.39, 0.29) is 5.78 Å². The summed E-state index contributed by atoms with van der Waals surface area (Å²) in [7, 11) is 6.14. The predicted molar refractivity (Wildman–Crippen MR) is 80.6 cm³/mol. The zero-order valence-corrected chi connectivity index (χ0v) is 12.7. The van der Waals surface area contributed by atoms with E-state index in [0.29, 0.717) is 6.54 Å². The van der Waals surface area contributed by atoms with Gasteiger partial charge < -0.3 is 9.64 Å². The van der Waals surface area contributed by atoms with Crippen LogP contribution in [0.25, 0.3) is 0 Å². The molecule has 0 saturated carbocycles. The highest BCUT2D eigenvalue weighted by Crippen LogP contribution is 2.26. The summed E-state index contributed by atoms with van der Waals surface area (Å²) in [5.74, 6) is 1.12. The van der Waals surface area contributed by atoms with E-state index in [4.69, 9.17) is 4.74 Å². The molecule has 110 valence electrons. The third-order valence-corrected chi connectivity index (χ3v) is 3.57. The van der Waals surface area contributed by atoms with Crippen LogP contribution < -0.4 is 4.74 Å². The van der Waals surface area contributed by atoms with Gasteiger partial charge in [0.1, 0.15) is 5.75 Å². The number of rotatable bonds is 7. The highest BCUT2D eigenvalue weighted by Gasteiger charge is 2.15. The summed E-state index contributed by atoms with van der Waals surface area (Å²) in [6, 6.07) is 5.78. The van der Waals surface area contributed by atoms with Crippen molar-refractivity contribution in [2.45, 2.75) is 12.8 Å². The van der Waals surface area contributed by atoms with E-state index in [9.17, 15) is 4.79 Å². The average Bonchev–Trinajstić information content (AvgIpc) is 2.85. The molecule has 0 unspecified atom stereocenters. The van der Waals surface area contributed by atoms with Gasteiger partial charge in [-0.3, -0.25) is 9.69 Å². The summed E-state index contributed by atoms with van der Waals surface area (Å²) < 4.78 is 5.46. The molecule has 2 rings (SSSR count). The molecule has 4 nitrogen and oxygen atoms in total. The Morgan fingerprint density at radius 2 is 2.05 bits per heavy atom. The van der Waals surface area contributed by atoms with Gasteiger partial charge in [0.05, 0.1) is 13.2 Å². The Bertz CT molecular complexity index is 472. The van der Waals surface area contributed by atoms with E-state index in [0.717, 1.165) is 49.4 Å². The minimum atomic E-state index is 0.187. The van der Waals surface area contributed by atoms with Crippen LogP contribution in [0.4, 0.5) is 0 Å². The third kappa shape index (κ3) is 4.05. The van der Waals surface area contributed by atoms with E-state index in [1.54, 1.807) is 0 Å². The van der Waals surface area contributed by atoms with E-state index in [1.165, 1.54) is 0 Å². The molecular weight excluding hydrogens is 252 g/mol. The second kappa shape index (κ2) is 6.86. The molecule has 0 N–H and O–H groups in total. The van der Waals surface area contributed by atoms with Crippen LogP contribution in [0.1, 0.15) is 22.3 Å².